The molecule has 0 atom stereocenters. The molecular weight excluding hydrogens is 128 g/mol. The minimum Gasteiger partial charge on any atom is -0.383 e. The first-order chi connectivity index (χ1) is 4.79. The van der Waals surface area contributed by atoms with E-state index in [-0.39, 0.29) is 0 Å². The second-order valence-corrected chi connectivity index (χ2v) is 1.88. The summed E-state index contributed by atoms with van der Waals surface area (Å²) in [4.78, 5) is 3.78. The highest BCUT2D eigenvalue weighted by Gasteiger charge is 2.02. The molecule has 0 aromatic carbocycles. The van der Waals surface area contributed by atoms with Crippen LogP contribution in [0, 0.1) is 11.3 Å². The topological polar surface area (TPSA) is 67.6 Å². The maximum absolute atomic E-state index is 8.42. The first-order valence-electron chi connectivity index (χ1n) is 3.00. The predicted octanol–water partition coefficient (Wildman–Crippen LogP) is 0.357. The zero-order valence-electron chi connectivity index (χ0n) is 5.70. The summed E-state index contributed by atoms with van der Waals surface area (Å²) < 4.78 is 1.72. The Kier molecular flexibility index (Phi) is 1.59. The SMILES string of the molecule is CCn1cnc(C#N)c1N. The lowest BCUT2D eigenvalue weighted by Crippen LogP contribution is -1.99. The number of nitrogens with zero attached hydrogens (tertiary/aromatic N) is 3. The number of hydrogen-bond acceptors (Lipinski definition) is 3. The van der Waals surface area contributed by atoms with E-state index in [0.29, 0.717) is 11.5 Å². The van der Waals surface area contributed by atoms with Crippen molar-refractivity contribution >= 4 is 5.82 Å². The molecule has 0 aliphatic heterocycles. The van der Waals surface area contributed by atoms with E-state index in [4.69, 9.17) is 11.0 Å². The van der Waals surface area contributed by atoms with Gasteiger partial charge in [0, 0.05) is 6.54 Å². The monoisotopic (exact) mass is 136 g/mol. The van der Waals surface area contributed by atoms with Crippen LogP contribution in [0.15, 0.2) is 6.33 Å². The number of hydrogen-bond donors (Lipinski definition) is 1. The van der Waals surface area contributed by atoms with Gasteiger partial charge in [0.15, 0.2) is 5.69 Å². The summed E-state index contributed by atoms with van der Waals surface area (Å²) >= 11 is 0. The molecule has 0 amide bonds. The summed E-state index contributed by atoms with van der Waals surface area (Å²) in [5.74, 6) is 0.449. The van der Waals surface area contributed by atoms with E-state index in [9.17, 15) is 0 Å². The second-order valence-electron chi connectivity index (χ2n) is 1.88. The Bertz CT molecular complexity index is 268. The number of aryl methyl sites for hydroxylation is 1. The largest absolute Gasteiger partial charge is 0.383 e. The summed E-state index contributed by atoms with van der Waals surface area (Å²) in [5.41, 5.74) is 5.81. The van der Waals surface area contributed by atoms with Crippen LogP contribution in [-0.4, -0.2) is 9.55 Å². The maximum atomic E-state index is 8.42. The van der Waals surface area contributed by atoms with Crippen LogP contribution in [0.1, 0.15) is 12.6 Å². The molecule has 0 spiro atoms. The number of aromatic nitrogens is 2. The van der Waals surface area contributed by atoms with Crippen LogP contribution in [0.5, 0.6) is 0 Å². The Hall–Kier alpha value is -1.50. The number of anilines is 1. The summed E-state index contributed by atoms with van der Waals surface area (Å²) in [6.07, 6.45) is 1.56. The number of rotatable bonds is 1. The Labute approximate surface area is 58.9 Å². The number of imidazole rings is 1. The second kappa shape index (κ2) is 2.40. The van der Waals surface area contributed by atoms with E-state index in [1.807, 2.05) is 13.0 Å². The molecule has 0 saturated carbocycles. The smallest absolute Gasteiger partial charge is 0.182 e. The van der Waals surface area contributed by atoms with Crippen molar-refractivity contribution in [1.29, 1.82) is 5.26 Å². The zero-order valence-corrected chi connectivity index (χ0v) is 5.70. The van der Waals surface area contributed by atoms with Crippen molar-refractivity contribution in [2.45, 2.75) is 13.5 Å². The van der Waals surface area contributed by atoms with Gasteiger partial charge in [-0.1, -0.05) is 0 Å². The molecule has 4 nitrogen and oxygen atoms in total. The molecule has 0 aliphatic rings. The average Bonchev–Trinajstić information content (AvgIpc) is 2.30. The number of nitriles is 1. The molecule has 0 aliphatic carbocycles. The number of nitrogen functional groups attached to an aromatic ring is 1. The van der Waals surface area contributed by atoms with Gasteiger partial charge in [-0.25, -0.2) is 4.98 Å². The fraction of sp³-hybridized carbons (Fsp3) is 0.333. The molecule has 1 rings (SSSR count). The van der Waals surface area contributed by atoms with Gasteiger partial charge in [-0.3, -0.25) is 0 Å². The lowest BCUT2D eigenvalue weighted by atomic mass is 10.5. The summed E-state index contributed by atoms with van der Waals surface area (Å²) in [7, 11) is 0. The normalized spacial score (nSPS) is 9.20. The highest BCUT2D eigenvalue weighted by Crippen LogP contribution is 2.06. The van der Waals surface area contributed by atoms with E-state index in [0.717, 1.165) is 6.54 Å². The van der Waals surface area contributed by atoms with Crippen molar-refractivity contribution in [2.75, 3.05) is 5.73 Å². The van der Waals surface area contributed by atoms with Gasteiger partial charge in [0.25, 0.3) is 0 Å². The quantitative estimate of drug-likeness (QED) is 0.606. The van der Waals surface area contributed by atoms with Crippen LogP contribution >= 0.6 is 0 Å². The molecule has 0 fully saturated rings. The van der Waals surface area contributed by atoms with Gasteiger partial charge < -0.3 is 10.3 Å². The third kappa shape index (κ3) is 0.818. The fourth-order valence-corrected chi connectivity index (χ4v) is 0.730. The van der Waals surface area contributed by atoms with Crippen LogP contribution in [0.25, 0.3) is 0 Å². The van der Waals surface area contributed by atoms with E-state index >= 15 is 0 Å². The summed E-state index contributed by atoms with van der Waals surface area (Å²) in [6, 6.07) is 1.89. The van der Waals surface area contributed by atoms with Gasteiger partial charge in [0.2, 0.25) is 0 Å². The molecule has 4 heteroatoms. The van der Waals surface area contributed by atoms with Crippen molar-refractivity contribution < 1.29 is 0 Å². The third-order valence-corrected chi connectivity index (χ3v) is 1.32. The van der Waals surface area contributed by atoms with E-state index in [1.54, 1.807) is 10.9 Å². The van der Waals surface area contributed by atoms with Gasteiger partial charge in [-0.2, -0.15) is 5.26 Å². The molecule has 52 valence electrons. The van der Waals surface area contributed by atoms with E-state index in [2.05, 4.69) is 4.98 Å². The first kappa shape index (κ1) is 6.62. The maximum Gasteiger partial charge on any atom is 0.182 e. The Morgan fingerprint density at radius 2 is 2.60 bits per heavy atom. The lowest BCUT2D eigenvalue weighted by molar-refractivity contribution is 0.771. The van der Waals surface area contributed by atoms with Gasteiger partial charge in [-0.05, 0) is 6.92 Å². The van der Waals surface area contributed by atoms with Crippen molar-refractivity contribution in [3.63, 3.8) is 0 Å². The number of nitrogens with two attached hydrogens (primary N) is 1. The molecule has 0 saturated heterocycles. The molecule has 0 unspecified atom stereocenters. The van der Waals surface area contributed by atoms with Crippen LogP contribution in [0.4, 0.5) is 5.82 Å². The van der Waals surface area contributed by atoms with Crippen molar-refractivity contribution in [1.82, 2.24) is 9.55 Å². The molecule has 10 heavy (non-hydrogen) atoms. The van der Waals surface area contributed by atoms with Gasteiger partial charge in [0.05, 0.1) is 6.33 Å². The highest BCUT2D eigenvalue weighted by molar-refractivity contribution is 5.44. The van der Waals surface area contributed by atoms with E-state index < -0.39 is 0 Å². The Morgan fingerprint density at radius 3 is 2.90 bits per heavy atom. The summed E-state index contributed by atoms with van der Waals surface area (Å²) in [6.45, 7) is 2.69. The van der Waals surface area contributed by atoms with Crippen LogP contribution in [0.3, 0.4) is 0 Å². The molecule has 0 bridgehead atoms. The molecule has 1 heterocycles. The predicted molar refractivity (Wildman–Crippen MR) is 37.0 cm³/mol. The fourth-order valence-electron chi connectivity index (χ4n) is 0.730. The van der Waals surface area contributed by atoms with Gasteiger partial charge >= 0.3 is 0 Å². The minimum atomic E-state index is 0.307. The van der Waals surface area contributed by atoms with Crippen LogP contribution in [0.2, 0.25) is 0 Å². The van der Waals surface area contributed by atoms with Crippen molar-refractivity contribution in [2.24, 2.45) is 0 Å². The van der Waals surface area contributed by atoms with Crippen LogP contribution < -0.4 is 5.73 Å². The molecule has 1 aromatic rings. The standard InChI is InChI=1S/C6H8N4/c1-2-10-4-9-5(3-7)6(10)8/h4H,2,8H2,1H3. The molecule has 2 N–H and O–H groups in total. The Balaban J connectivity index is 3.12. The molecule has 0 radical (unpaired) electrons. The molecule has 1 aromatic heterocycles. The van der Waals surface area contributed by atoms with Crippen molar-refractivity contribution in [3.05, 3.63) is 12.0 Å². The third-order valence-electron chi connectivity index (χ3n) is 1.32. The Morgan fingerprint density at radius 1 is 1.90 bits per heavy atom. The molecular formula is C6H8N4. The lowest BCUT2D eigenvalue weighted by Gasteiger charge is -1.96. The average molecular weight is 136 g/mol. The first-order valence-corrected chi connectivity index (χ1v) is 3.00. The summed E-state index contributed by atoms with van der Waals surface area (Å²) in [5, 5.41) is 8.42. The zero-order chi connectivity index (χ0) is 7.56. The van der Waals surface area contributed by atoms with E-state index in [1.165, 1.54) is 0 Å². The van der Waals surface area contributed by atoms with Gasteiger partial charge in [-0.15, -0.1) is 0 Å². The highest BCUT2D eigenvalue weighted by atomic mass is 15.1. The minimum absolute atomic E-state index is 0.307. The van der Waals surface area contributed by atoms with Crippen LogP contribution in [-0.2, 0) is 6.54 Å². The van der Waals surface area contributed by atoms with Crippen molar-refractivity contribution in [3.8, 4) is 6.07 Å². The van der Waals surface area contributed by atoms with Gasteiger partial charge in [0.1, 0.15) is 11.9 Å².